The third-order valence-electron chi connectivity index (χ3n) is 4.46. The summed E-state index contributed by atoms with van der Waals surface area (Å²) in [7, 11) is 0. The average molecular weight is 380 g/mol. The number of benzene rings is 1. The Hall–Kier alpha value is -3.15. The maximum atomic E-state index is 12.2. The molecule has 28 heavy (non-hydrogen) atoms. The minimum atomic E-state index is -0.511. The first-order valence-electron chi connectivity index (χ1n) is 9.22. The van der Waals surface area contributed by atoms with Gasteiger partial charge in [-0.2, -0.15) is 0 Å². The number of ether oxygens (including phenoxy) is 2. The van der Waals surface area contributed by atoms with Gasteiger partial charge in [-0.1, -0.05) is 32.0 Å². The SMILES string of the molecule is Cc1ccc(C(C)C)c(OCC(=O)OCc2cc(=O)n3cccc(C)c3n2)c1. The van der Waals surface area contributed by atoms with Gasteiger partial charge in [0, 0.05) is 12.3 Å². The van der Waals surface area contributed by atoms with Crippen molar-refractivity contribution in [1.29, 1.82) is 0 Å². The van der Waals surface area contributed by atoms with E-state index in [9.17, 15) is 9.59 Å². The second kappa shape index (κ2) is 8.25. The lowest BCUT2D eigenvalue weighted by atomic mass is 10.0. The Morgan fingerprint density at radius 2 is 1.96 bits per heavy atom. The van der Waals surface area contributed by atoms with Gasteiger partial charge >= 0.3 is 5.97 Å². The first-order chi connectivity index (χ1) is 13.3. The van der Waals surface area contributed by atoms with E-state index < -0.39 is 5.97 Å². The predicted octanol–water partition coefficient (Wildman–Crippen LogP) is 3.56. The van der Waals surface area contributed by atoms with E-state index in [0.717, 1.165) is 16.7 Å². The third-order valence-corrected chi connectivity index (χ3v) is 4.46. The predicted molar refractivity (Wildman–Crippen MR) is 107 cm³/mol. The van der Waals surface area contributed by atoms with E-state index in [2.05, 4.69) is 18.8 Å². The summed E-state index contributed by atoms with van der Waals surface area (Å²) < 4.78 is 12.4. The molecule has 0 N–H and O–H groups in total. The highest BCUT2D eigenvalue weighted by molar-refractivity contribution is 5.71. The van der Waals surface area contributed by atoms with Crippen molar-refractivity contribution in [1.82, 2.24) is 9.38 Å². The largest absolute Gasteiger partial charge is 0.482 e. The van der Waals surface area contributed by atoms with Crippen LogP contribution in [0.15, 0.2) is 47.4 Å². The lowest BCUT2D eigenvalue weighted by Crippen LogP contribution is -2.19. The van der Waals surface area contributed by atoms with Crippen LogP contribution in [-0.2, 0) is 16.1 Å². The second-order valence-electron chi connectivity index (χ2n) is 7.12. The highest BCUT2D eigenvalue weighted by atomic mass is 16.6. The molecule has 0 aliphatic rings. The summed E-state index contributed by atoms with van der Waals surface area (Å²) in [6.07, 6.45) is 1.66. The van der Waals surface area contributed by atoms with Crippen LogP contribution >= 0.6 is 0 Å². The molecular weight excluding hydrogens is 356 g/mol. The summed E-state index contributed by atoms with van der Waals surface area (Å²) in [5.74, 6) is 0.456. The molecule has 6 nitrogen and oxygen atoms in total. The van der Waals surface area contributed by atoms with Crippen LogP contribution in [0.1, 0.15) is 42.1 Å². The summed E-state index contributed by atoms with van der Waals surface area (Å²) in [6, 6.07) is 11.0. The molecule has 146 valence electrons. The van der Waals surface area contributed by atoms with Gasteiger partial charge in [0.15, 0.2) is 6.61 Å². The summed E-state index contributed by atoms with van der Waals surface area (Å²) in [6.45, 7) is 7.71. The topological polar surface area (TPSA) is 69.9 Å². The van der Waals surface area contributed by atoms with Gasteiger partial charge in [0.05, 0.1) is 5.69 Å². The molecule has 6 heteroatoms. The zero-order valence-electron chi connectivity index (χ0n) is 16.6. The standard InChI is InChI=1S/C22H24N2O4/c1-14(2)18-8-7-15(3)10-19(18)27-13-21(26)28-12-17-11-20(25)24-9-5-6-16(4)22(24)23-17/h5-11,14H,12-13H2,1-4H3. The molecule has 2 aromatic heterocycles. The number of esters is 1. The van der Waals surface area contributed by atoms with Crippen molar-refractivity contribution in [2.75, 3.05) is 6.61 Å². The van der Waals surface area contributed by atoms with Gasteiger partial charge < -0.3 is 9.47 Å². The van der Waals surface area contributed by atoms with Crippen LogP contribution in [0.4, 0.5) is 0 Å². The first-order valence-corrected chi connectivity index (χ1v) is 9.22. The Bertz CT molecular complexity index is 1070. The van der Waals surface area contributed by atoms with Crippen molar-refractivity contribution in [3.05, 3.63) is 75.3 Å². The molecule has 0 radical (unpaired) electrons. The zero-order chi connectivity index (χ0) is 20.3. The van der Waals surface area contributed by atoms with E-state index in [1.165, 1.54) is 10.5 Å². The van der Waals surface area contributed by atoms with Crippen LogP contribution in [0.5, 0.6) is 5.75 Å². The number of nitrogens with zero attached hydrogens (tertiary/aromatic N) is 2. The molecule has 0 saturated carbocycles. The number of hydrogen-bond donors (Lipinski definition) is 0. The first kappa shape index (κ1) is 19.6. The average Bonchev–Trinajstić information content (AvgIpc) is 2.65. The molecule has 0 atom stereocenters. The van der Waals surface area contributed by atoms with Crippen LogP contribution < -0.4 is 10.3 Å². The number of fused-ring (bicyclic) bond motifs is 1. The van der Waals surface area contributed by atoms with Gasteiger partial charge in [-0.3, -0.25) is 9.20 Å². The number of aromatic nitrogens is 2. The minimum absolute atomic E-state index is 0.0763. The smallest absolute Gasteiger partial charge is 0.344 e. The Kier molecular flexibility index (Phi) is 5.78. The van der Waals surface area contributed by atoms with E-state index in [4.69, 9.17) is 9.47 Å². The Morgan fingerprint density at radius 3 is 2.71 bits per heavy atom. The quantitative estimate of drug-likeness (QED) is 0.612. The third kappa shape index (κ3) is 4.39. The molecule has 0 saturated heterocycles. The highest BCUT2D eigenvalue weighted by Gasteiger charge is 2.12. The normalized spacial score (nSPS) is 11.0. The van der Waals surface area contributed by atoms with Gasteiger partial charge in [-0.25, -0.2) is 9.78 Å². The number of pyridine rings is 1. The van der Waals surface area contributed by atoms with Crippen LogP contribution in [-0.4, -0.2) is 22.0 Å². The molecule has 3 rings (SSSR count). The van der Waals surface area contributed by atoms with Gasteiger partial charge in [-0.05, 0) is 48.6 Å². The fourth-order valence-corrected chi connectivity index (χ4v) is 2.96. The van der Waals surface area contributed by atoms with Crippen molar-refractivity contribution in [2.45, 2.75) is 40.2 Å². The molecule has 2 heterocycles. The second-order valence-corrected chi connectivity index (χ2v) is 7.12. The van der Waals surface area contributed by atoms with E-state index >= 15 is 0 Å². The molecule has 0 bridgehead atoms. The number of carbonyl (C=O) groups is 1. The van der Waals surface area contributed by atoms with Crippen LogP contribution in [0.3, 0.4) is 0 Å². The van der Waals surface area contributed by atoms with Gasteiger partial charge in [0.1, 0.15) is 18.0 Å². The summed E-state index contributed by atoms with van der Waals surface area (Å²) >= 11 is 0. The van der Waals surface area contributed by atoms with Crippen molar-refractivity contribution in [3.8, 4) is 5.75 Å². The maximum absolute atomic E-state index is 12.2. The summed E-state index contributed by atoms with van der Waals surface area (Å²) in [5.41, 5.74) is 3.72. The lowest BCUT2D eigenvalue weighted by molar-refractivity contribution is -0.147. The Balaban J connectivity index is 1.66. The van der Waals surface area contributed by atoms with E-state index in [1.54, 1.807) is 12.3 Å². The van der Waals surface area contributed by atoms with Crippen LogP contribution in [0.25, 0.3) is 5.65 Å². The van der Waals surface area contributed by atoms with Crippen molar-refractivity contribution in [3.63, 3.8) is 0 Å². The molecular formula is C22H24N2O4. The molecule has 0 amide bonds. The van der Waals surface area contributed by atoms with Crippen molar-refractivity contribution < 1.29 is 14.3 Å². The van der Waals surface area contributed by atoms with E-state index in [-0.39, 0.29) is 24.7 Å². The number of carbonyl (C=O) groups excluding carboxylic acids is 1. The summed E-state index contributed by atoms with van der Waals surface area (Å²) in [5, 5.41) is 0. The molecule has 0 unspecified atom stereocenters. The molecule has 0 aliphatic carbocycles. The van der Waals surface area contributed by atoms with Gasteiger partial charge in [0.2, 0.25) is 0 Å². The van der Waals surface area contributed by atoms with Gasteiger partial charge in [-0.15, -0.1) is 0 Å². The fraction of sp³-hybridized carbons (Fsp3) is 0.318. The molecule has 0 aliphatic heterocycles. The Labute approximate surface area is 163 Å². The highest BCUT2D eigenvalue weighted by Crippen LogP contribution is 2.27. The Morgan fingerprint density at radius 1 is 1.18 bits per heavy atom. The molecule has 0 spiro atoms. The van der Waals surface area contributed by atoms with Crippen molar-refractivity contribution in [2.24, 2.45) is 0 Å². The molecule has 0 fully saturated rings. The number of aryl methyl sites for hydroxylation is 2. The van der Waals surface area contributed by atoms with Crippen molar-refractivity contribution >= 4 is 11.6 Å². The maximum Gasteiger partial charge on any atom is 0.344 e. The molecule has 3 aromatic rings. The van der Waals surface area contributed by atoms with E-state index in [0.29, 0.717) is 17.1 Å². The number of hydrogen-bond acceptors (Lipinski definition) is 5. The van der Waals surface area contributed by atoms with Crippen LogP contribution in [0, 0.1) is 13.8 Å². The summed E-state index contributed by atoms with van der Waals surface area (Å²) in [4.78, 5) is 28.7. The fourth-order valence-electron chi connectivity index (χ4n) is 2.96. The minimum Gasteiger partial charge on any atom is -0.482 e. The van der Waals surface area contributed by atoms with Crippen LogP contribution in [0.2, 0.25) is 0 Å². The van der Waals surface area contributed by atoms with E-state index in [1.807, 2.05) is 38.1 Å². The number of rotatable bonds is 6. The monoisotopic (exact) mass is 380 g/mol. The molecule has 1 aromatic carbocycles. The van der Waals surface area contributed by atoms with Gasteiger partial charge in [0.25, 0.3) is 5.56 Å². The lowest BCUT2D eigenvalue weighted by Gasteiger charge is -2.14. The zero-order valence-corrected chi connectivity index (χ0v) is 16.6.